The molecule has 1 heterocycles. The third kappa shape index (κ3) is 2.85. The van der Waals surface area contributed by atoms with E-state index in [9.17, 15) is 5.11 Å². The van der Waals surface area contributed by atoms with Gasteiger partial charge in [-0.15, -0.1) is 0 Å². The van der Waals surface area contributed by atoms with Crippen LogP contribution in [-0.2, 0) is 0 Å². The van der Waals surface area contributed by atoms with Crippen molar-refractivity contribution in [1.29, 1.82) is 0 Å². The Morgan fingerprint density at radius 2 is 1.90 bits per heavy atom. The van der Waals surface area contributed by atoms with E-state index in [0.717, 1.165) is 17.5 Å². The second-order valence-corrected chi connectivity index (χ2v) is 5.55. The van der Waals surface area contributed by atoms with Gasteiger partial charge < -0.3 is 14.6 Å². The van der Waals surface area contributed by atoms with Crippen LogP contribution in [0.5, 0.6) is 11.5 Å². The van der Waals surface area contributed by atoms with Gasteiger partial charge in [0.2, 0.25) is 0 Å². The normalized spacial score (nSPS) is 15.4. The number of fused-ring (bicyclic) bond motifs is 1. The number of rotatable bonds is 2. The van der Waals surface area contributed by atoms with Gasteiger partial charge in [-0.05, 0) is 35.7 Å². The fraction of sp³-hybridized carbons (Fsp3) is 0.294. The Kier molecular flexibility index (Phi) is 4.04. The van der Waals surface area contributed by atoms with Crippen LogP contribution in [0.25, 0.3) is 0 Å². The molecule has 0 saturated heterocycles. The van der Waals surface area contributed by atoms with Crippen molar-refractivity contribution in [2.24, 2.45) is 0 Å². The summed E-state index contributed by atoms with van der Waals surface area (Å²) in [6.45, 7) is 3.16. The molecule has 1 aliphatic heterocycles. The first-order valence-electron chi connectivity index (χ1n) is 6.99. The molecule has 0 saturated carbocycles. The molecule has 0 spiro atoms. The van der Waals surface area contributed by atoms with Crippen LogP contribution in [0.4, 0.5) is 0 Å². The van der Waals surface area contributed by atoms with Crippen molar-refractivity contribution in [2.75, 3.05) is 13.2 Å². The van der Waals surface area contributed by atoms with Crippen LogP contribution in [0.1, 0.15) is 29.2 Å². The zero-order chi connectivity index (χ0) is 14.8. The Morgan fingerprint density at radius 3 is 2.71 bits per heavy atom. The molecule has 0 radical (unpaired) electrons. The molecule has 1 atom stereocenters. The molecule has 0 aromatic heterocycles. The van der Waals surface area contributed by atoms with Crippen molar-refractivity contribution in [3.05, 3.63) is 58.1 Å². The van der Waals surface area contributed by atoms with E-state index in [1.54, 1.807) is 6.07 Å². The van der Waals surface area contributed by atoms with E-state index < -0.39 is 6.10 Å². The SMILES string of the molecule is Cc1ccccc1C(O)c1cc(Cl)c2c(c1)OCCCO2. The van der Waals surface area contributed by atoms with Gasteiger partial charge in [0.15, 0.2) is 11.5 Å². The smallest absolute Gasteiger partial charge is 0.179 e. The third-order valence-electron chi connectivity index (χ3n) is 3.62. The van der Waals surface area contributed by atoms with E-state index >= 15 is 0 Å². The van der Waals surface area contributed by atoms with Crippen molar-refractivity contribution in [3.63, 3.8) is 0 Å². The molecule has 110 valence electrons. The van der Waals surface area contributed by atoms with Crippen LogP contribution in [0, 0.1) is 6.92 Å². The predicted molar refractivity (Wildman–Crippen MR) is 82.3 cm³/mol. The van der Waals surface area contributed by atoms with E-state index in [-0.39, 0.29) is 0 Å². The van der Waals surface area contributed by atoms with Gasteiger partial charge >= 0.3 is 0 Å². The zero-order valence-electron chi connectivity index (χ0n) is 11.8. The summed E-state index contributed by atoms with van der Waals surface area (Å²) >= 11 is 6.28. The predicted octanol–water partition coefficient (Wildman–Crippen LogP) is 3.89. The summed E-state index contributed by atoms with van der Waals surface area (Å²) in [5.41, 5.74) is 2.61. The maximum atomic E-state index is 10.6. The number of aliphatic hydroxyl groups is 1. The van der Waals surface area contributed by atoms with Crippen molar-refractivity contribution in [3.8, 4) is 11.5 Å². The molecule has 0 fully saturated rings. The molecular formula is C17H17ClO3. The first kappa shape index (κ1) is 14.2. The van der Waals surface area contributed by atoms with Crippen LogP contribution in [-0.4, -0.2) is 18.3 Å². The zero-order valence-corrected chi connectivity index (χ0v) is 12.6. The van der Waals surface area contributed by atoms with Gasteiger partial charge in [0, 0.05) is 6.42 Å². The van der Waals surface area contributed by atoms with Crippen molar-refractivity contribution < 1.29 is 14.6 Å². The third-order valence-corrected chi connectivity index (χ3v) is 3.90. The summed E-state index contributed by atoms with van der Waals surface area (Å²) in [6.07, 6.45) is 0.0848. The molecular weight excluding hydrogens is 288 g/mol. The molecule has 4 heteroatoms. The van der Waals surface area contributed by atoms with Crippen LogP contribution in [0.2, 0.25) is 5.02 Å². The Morgan fingerprint density at radius 1 is 1.14 bits per heavy atom. The van der Waals surface area contributed by atoms with Crippen molar-refractivity contribution >= 4 is 11.6 Å². The lowest BCUT2D eigenvalue weighted by atomic mass is 9.97. The molecule has 0 bridgehead atoms. The quantitative estimate of drug-likeness (QED) is 0.915. The molecule has 1 aliphatic rings. The fourth-order valence-corrected chi connectivity index (χ4v) is 2.76. The lowest BCUT2D eigenvalue weighted by Crippen LogP contribution is -2.03. The molecule has 2 aromatic carbocycles. The summed E-state index contributed by atoms with van der Waals surface area (Å²) in [5.74, 6) is 1.16. The minimum atomic E-state index is -0.735. The molecule has 1 unspecified atom stereocenters. The summed E-state index contributed by atoms with van der Waals surface area (Å²) in [7, 11) is 0. The second kappa shape index (κ2) is 5.96. The number of aliphatic hydroxyl groups excluding tert-OH is 1. The average molecular weight is 305 g/mol. The van der Waals surface area contributed by atoms with Gasteiger partial charge in [0.1, 0.15) is 6.10 Å². The van der Waals surface area contributed by atoms with Crippen molar-refractivity contribution in [2.45, 2.75) is 19.4 Å². The van der Waals surface area contributed by atoms with Gasteiger partial charge in [-0.1, -0.05) is 35.9 Å². The minimum Gasteiger partial charge on any atom is -0.489 e. The Bertz CT molecular complexity index is 654. The summed E-state index contributed by atoms with van der Waals surface area (Å²) in [6, 6.07) is 11.3. The van der Waals surface area contributed by atoms with E-state index in [0.29, 0.717) is 35.3 Å². The Balaban J connectivity index is 2.01. The maximum Gasteiger partial charge on any atom is 0.179 e. The van der Waals surface area contributed by atoms with Crippen molar-refractivity contribution in [1.82, 2.24) is 0 Å². The van der Waals surface area contributed by atoms with Gasteiger partial charge in [-0.25, -0.2) is 0 Å². The van der Waals surface area contributed by atoms with Gasteiger partial charge in [-0.2, -0.15) is 0 Å². The van der Waals surface area contributed by atoms with E-state index in [1.165, 1.54) is 0 Å². The topological polar surface area (TPSA) is 38.7 Å². The first-order valence-corrected chi connectivity index (χ1v) is 7.37. The summed E-state index contributed by atoms with van der Waals surface area (Å²) in [4.78, 5) is 0. The highest BCUT2D eigenvalue weighted by atomic mass is 35.5. The van der Waals surface area contributed by atoms with Gasteiger partial charge in [0.25, 0.3) is 0 Å². The van der Waals surface area contributed by atoms with Crippen LogP contribution in [0.3, 0.4) is 0 Å². The molecule has 0 amide bonds. The van der Waals surface area contributed by atoms with Crippen LogP contribution >= 0.6 is 11.6 Å². The molecule has 1 N–H and O–H groups in total. The summed E-state index contributed by atoms with van der Waals surface area (Å²) in [5, 5.41) is 11.1. The Labute approximate surface area is 129 Å². The lowest BCUT2D eigenvalue weighted by molar-refractivity contribution is 0.218. The largest absolute Gasteiger partial charge is 0.489 e. The number of hydrogen-bond acceptors (Lipinski definition) is 3. The monoisotopic (exact) mass is 304 g/mol. The molecule has 3 nitrogen and oxygen atoms in total. The number of benzene rings is 2. The summed E-state index contributed by atoms with van der Waals surface area (Å²) < 4.78 is 11.3. The Hall–Kier alpha value is -1.71. The van der Waals surface area contributed by atoms with Gasteiger partial charge in [0.05, 0.1) is 18.2 Å². The standard InChI is InChI=1S/C17H17ClO3/c1-11-5-2-3-6-13(11)16(19)12-9-14(18)17-15(10-12)20-7-4-8-21-17/h2-3,5-6,9-10,16,19H,4,7-8H2,1H3. The number of aryl methyl sites for hydroxylation is 1. The highest BCUT2D eigenvalue weighted by Gasteiger charge is 2.20. The highest BCUT2D eigenvalue weighted by molar-refractivity contribution is 6.32. The number of ether oxygens (including phenoxy) is 2. The number of hydrogen-bond donors (Lipinski definition) is 1. The van der Waals surface area contributed by atoms with E-state index in [4.69, 9.17) is 21.1 Å². The van der Waals surface area contributed by atoms with Crippen LogP contribution in [0.15, 0.2) is 36.4 Å². The molecule has 3 rings (SSSR count). The van der Waals surface area contributed by atoms with Gasteiger partial charge in [-0.3, -0.25) is 0 Å². The molecule has 2 aromatic rings. The highest BCUT2D eigenvalue weighted by Crippen LogP contribution is 2.40. The first-order chi connectivity index (χ1) is 10.2. The maximum absolute atomic E-state index is 10.6. The minimum absolute atomic E-state index is 0.469. The molecule has 0 aliphatic carbocycles. The fourth-order valence-electron chi connectivity index (χ4n) is 2.48. The van der Waals surface area contributed by atoms with E-state index in [2.05, 4.69) is 0 Å². The number of halogens is 1. The lowest BCUT2D eigenvalue weighted by Gasteiger charge is -2.17. The van der Waals surface area contributed by atoms with Crippen LogP contribution < -0.4 is 9.47 Å². The molecule has 21 heavy (non-hydrogen) atoms. The average Bonchev–Trinajstić information content (AvgIpc) is 2.72. The second-order valence-electron chi connectivity index (χ2n) is 5.14. The van der Waals surface area contributed by atoms with E-state index in [1.807, 2.05) is 37.3 Å².